The first-order valence-electron chi connectivity index (χ1n) is 8.31. The van der Waals surface area contributed by atoms with E-state index in [1.807, 2.05) is 0 Å². The summed E-state index contributed by atoms with van der Waals surface area (Å²) in [5, 5.41) is 3.65. The Kier molecular flexibility index (Phi) is 3.98. The third kappa shape index (κ3) is 2.53. The van der Waals surface area contributed by atoms with Crippen molar-refractivity contribution in [1.82, 2.24) is 10.2 Å². The van der Waals surface area contributed by atoms with Gasteiger partial charge in [0.15, 0.2) is 0 Å². The first kappa shape index (κ1) is 15.1. The Balaban J connectivity index is 2.03. The molecule has 3 nitrogen and oxygen atoms in total. The number of hydrogen-bond acceptors (Lipinski definition) is 2. The van der Waals surface area contributed by atoms with Crippen molar-refractivity contribution < 1.29 is 4.79 Å². The number of aryl methyl sites for hydroxylation is 1. The SMILES string of the molecule is C=C1NC(c2ccccc2C)C2CCC(=O)N2C(C)CC1C. The predicted octanol–water partition coefficient (Wildman–Crippen LogP) is 3.56. The highest BCUT2D eigenvalue weighted by Gasteiger charge is 2.42. The summed E-state index contributed by atoms with van der Waals surface area (Å²) in [5.74, 6) is 0.675. The van der Waals surface area contributed by atoms with Gasteiger partial charge < -0.3 is 10.2 Å². The quantitative estimate of drug-likeness (QED) is 0.860. The molecule has 0 radical (unpaired) electrons. The van der Waals surface area contributed by atoms with Crippen LogP contribution in [-0.4, -0.2) is 22.9 Å². The highest BCUT2D eigenvalue weighted by Crippen LogP contribution is 2.37. The van der Waals surface area contributed by atoms with Gasteiger partial charge in [-0.05, 0) is 43.7 Å². The van der Waals surface area contributed by atoms with Gasteiger partial charge in [0.1, 0.15) is 0 Å². The summed E-state index contributed by atoms with van der Waals surface area (Å²) in [4.78, 5) is 14.5. The molecular weight excluding hydrogens is 272 g/mol. The fraction of sp³-hybridized carbons (Fsp3) is 0.526. The van der Waals surface area contributed by atoms with Gasteiger partial charge >= 0.3 is 0 Å². The van der Waals surface area contributed by atoms with E-state index < -0.39 is 0 Å². The molecule has 2 heterocycles. The lowest BCUT2D eigenvalue weighted by Gasteiger charge is -2.42. The van der Waals surface area contributed by atoms with E-state index in [0.717, 1.165) is 18.5 Å². The normalized spacial score (nSPS) is 32.2. The molecular formula is C19H26N2O. The maximum atomic E-state index is 12.4. The topological polar surface area (TPSA) is 32.3 Å². The van der Waals surface area contributed by atoms with Crippen molar-refractivity contribution in [2.24, 2.45) is 5.92 Å². The summed E-state index contributed by atoms with van der Waals surface area (Å²) >= 11 is 0. The molecule has 1 aromatic carbocycles. The zero-order valence-electron chi connectivity index (χ0n) is 13.8. The Morgan fingerprint density at radius 3 is 2.73 bits per heavy atom. The van der Waals surface area contributed by atoms with Crippen LogP contribution in [0.25, 0.3) is 0 Å². The van der Waals surface area contributed by atoms with Crippen molar-refractivity contribution in [2.45, 2.75) is 58.2 Å². The highest BCUT2D eigenvalue weighted by molar-refractivity contribution is 5.79. The second kappa shape index (κ2) is 5.79. The van der Waals surface area contributed by atoms with Gasteiger partial charge in [0.2, 0.25) is 5.91 Å². The molecule has 3 heteroatoms. The van der Waals surface area contributed by atoms with Crippen LogP contribution in [-0.2, 0) is 4.79 Å². The van der Waals surface area contributed by atoms with Gasteiger partial charge in [0, 0.05) is 18.2 Å². The first-order chi connectivity index (χ1) is 10.5. The van der Waals surface area contributed by atoms with E-state index in [4.69, 9.17) is 0 Å². The Hall–Kier alpha value is -1.77. The number of nitrogens with zero attached hydrogens (tertiary/aromatic N) is 1. The monoisotopic (exact) mass is 298 g/mol. The number of hydrogen-bond donors (Lipinski definition) is 1. The highest BCUT2D eigenvalue weighted by atomic mass is 16.2. The van der Waals surface area contributed by atoms with Crippen LogP contribution in [0, 0.1) is 12.8 Å². The Bertz CT molecular complexity index is 595. The van der Waals surface area contributed by atoms with E-state index in [1.165, 1.54) is 11.1 Å². The minimum atomic E-state index is 0.144. The molecule has 2 aliphatic heterocycles. The predicted molar refractivity (Wildman–Crippen MR) is 89.3 cm³/mol. The average Bonchev–Trinajstić information content (AvgIpc) is 2.85. The number of fused-ring (bicyclic) bond motifs is 1. The van der Waals surface area contributed by atoms with Gasteiger partial charge in [0.25, 0.3) is 0 Å². The third-order valence-corrected chi connectivity index (χ3v) is 5.31. The maximum absolute atomic E-state index is 12.4. The van der Waals surface area contributed by atoms with Gasteiger partial charge in [0.05, 0.1) is 12.1 Å². The second-order valence-corrected chi connectivity index (χ2v) is 6.90. The zero-order valence-corrected chi connectivity index (χ0v) is 13.8. The van der Waals surface area contributed by atoms with Crippen LogP contribution in [0.2, 0.25) is 0 Å². The van der Waals surface area contributed by atoms with Crippen LogP contribution in [0.4, 0.5) is 0 Å². The third-order valence-electron chi connectivity index (χ3n) is 5.31. The van der Waals surface area contributed by atoms with Crippen LogP contribution < -0.4 is 5.32 Å². The van der Waals surface area contributed by atoms with E-state index >= 15 is 0 Å². The number of benzene rings is 1. The van der Waals surface area contributed by atoms with E-state index in [2.05, 4.69) is 61.8 Å². The molecule has 4 unspecified atom stereocenters. The van der Waals surface area contributed by atoms with Crippen LogP contribution in [0.1, 0.15) is 50.3 Å². The van der Waals surface area contributed by atoms with E-state index in [0.29, 0.717) is 18.2 Å². The minimum absolute atomic E-state index is 0.144. The largest absolute Gasteiger partial charge is 0.380 e. The van der Waals surface area contributed by atoms with Crippen molar-refractivity contribution in [3.8, 4) is 0 Å². The zero-order chi connectivity index (χ0) is 15.9. The fourth-order valence-electron chi connectivity index (χ4n) is 4.05. The standard InChI is InChI=1S/C19H26N2O/c1-12-7-5-6-8-16(12)19-17-9-10-18(22)21(17)14(3)11-13(2)15(4)20-19/h5-8,13-14,17,19-20H,4,9-11H2,1-3H3. The number of amides is 1. The summed E-state index contributed by atoms with van der Waals surface area (Å²) in [5.41, 5.74) is 3.65. The fourth-order valence-corrected chi connectivity index (χ4v) is 4.05. The van der Waals surface area contributed by atoms with E-state index in [9.17, 15) is 4.79 Å². The molecule has 3 rings (SSSR count). The summed E-state index contributed by atoms with van der Waals surface area (Å²) in [6, 6.07) is 9.13. The van der Waals surface area contributed by atoms with Crippen molar-refractivity contribution >= 4 is 5.91 Å². The molecule has 0 aliphatic carbocycles. The van der Waals surface area contributed by atoms with Crippen LogP contribution >= 0.6 is 0 Å². The maximum Gasteiger partial charge on any atom is 0.223 e. The molecule has 22 heavy (non-hydrogen) atoms. The van der Waals surface area contributed by atoms with Gasteiger partial charge in [-0.15, -0.1) is 0 Å². The molecule has 118 valence electrons. The molecule has 0 aromatic heterocycles. The van der Waals surface area contributed by atoms with Crippen molar-refractivity contribution in [2.75, 3.05) is 0 Å². The molecule has 4 atom stereocenters. The molecule has 1 N–H and O–H groups in total. The summed E-state index contributed by atoms with van der Waals surface area (Å²) in [6.07, 6.45) is 2.57. The van der Waals surface area contributed by atoms with E-state index in [1.54, 1.807) is 0 Å². The molecule has 2 fully saturated rings. The molecule has 1 amide bonds. The van der Waals surface area contributed by atoms with Crippen LogP contribution in [0.15, 0.2) is 36.5 Å². The summed E-state index contributed by atoms with van der Waals surface area (Å²) in [7, 11) is 0. The number of nitrogens with one attached hydrogen (secondary N) is 1. The van der Waals surface area contributed by atoms with Crippen molar-refractivity contribution in [3.05, 3.63) is 47.7 Å². The lowest BCUT2D eigenvalue weighted by molar-refractivity contribution is -0.131. The molecule has 0 spiro atoms. The lowest BCUT2D eigenvalue weighted by atomic mass is 9.88. The van der Waals surface area contributed by atoms with Gasteiger partial charge in [-0.1, -0.05) is 37.8 Å². The van der Waals surface area contributed by atoms with E-state index in [-0.39, 0.29) is 18.1 Å². The number of allylic oxidation sites excluding steroid dienone is 1. The molecule has 0 saturated carbocycles. The van der Waals surface area contributed by atoms with Gasteiger partial charge in [-0.2, -0.15) is 0 Å². The average molecular weight is 298 g/mol. The first-order valence-corrected chi connectivity index (χ1v) is 8.31. The van der Waals surface area contributed by atoms with Crippen LogP contribution in [0.3, 0.4) is 0 Å². The van der Waals surface area contributed by atoms with Crippen molar-refractivity contribution in [3.63, 3.8) is 0 Å². The Morgan fingerprint density at radius 2 is 2.00 bits per heavy atom. The van der Waals surface area contributed by atoms with Crippen LogP contribution in [0.5, 0.6) is 0 Å². The van der Waals surface area contributed by atoms with Crippen molar-refractivity contribution in [1.29, 1.82) is 0 Å². The number of carbonyl (C=O) groups excluding carboxylic acids is 1. The molecule has 2 saturated heterocycles. The number of rotatable bonds is 1. The summed E-state index contributed by atoms with van der Waals surface area (Å²) < 4.78 is 0. The van der Waals surface area contributed by atoms with Gasteiger partial charge in [-0.25, -0.2) is 0 Å². The minimum Gasteiger partial charge on any atom is -0.380 e. The Morgan fingerprint density at radius 1 is 1.27 bits per heavy atom. The number of carbonyl (C=O) groups is 1. The smallest absolute Gasteiger partial charge is 0.223 e. The molecule has 1 aromatic rings. The second-order valence-electron chi connectivity index (χ2n) is 6.90. The summed E-state index contributed by atoms with van der Waals surface area (Å²) in [6.45, 7) is 10.8. The lowest BCUT2D eigenvalue weighted by Crippen LogP contribution is -2.50. The van der Waals surface area contributed by atoms with Gasteiger partial charge in [-0.3, -0.25) is 4.79 Å². The molecule has 2 aliphatic rings. The Labute approximate surface area is 133 Å². The molecule has 0 bridgehead atoms.